The van der Waals surface area contributed by atoms with Crippen molar-refractivity contribution in [1.29, 1.82) is 0 Å². The van der Waals surface area contributed by atoms with E-state index in [2.05, 4.69) is 4.74 Å². The number of ether oxygens (including phenoxy) is 1. The number of hydrogen-bond acceptors (Lipinski definition) is 4. The highest BCUT2D eigenvalue weighted by Crippen LogP contribution is 2.07. The molecule has 0 unspecified atom stereocenters. The molecule has 17 heavy (non-hydrogen) atoms. The van der Waals surface area contributed by atoms with E-state index >= 15 is 0 Å². The minimum Gasteiger partial charge on any atom is -0.460 e. The second kappa shape index (κ2) is 5.89. The molecule has 1 rings (SSSR count). The Hall–Kier alpha value is -2.04. The van der Waals surface area contributed by atoms with Crippen molar-refractivity contribution in [3.63, 3.8) is 0 Å². The topological polar surface area (TPSA) is 60.4 Å². The summed E-state index contributed by atoms with van der Waals surface area (Å²) >= 11 is 0. The third-order valence-electron chi connectivity index (χ3n) is 2.02. The van der Waals surface area contributed by atoms with Crippen LogP contribution >= 0.6 is 0 Å². The Morgan fingerprint density at radius 2 is 1.88 bits per heavy atom. The molecule has 0 heterocycles. The van der Waals surface area contributed by atoms with Gasteiger partial charge in [-0.05, 0) is 18.6 Å². The Balaban J connectivity index is 2.70. The average molecular weight is 238 g/mol. The minimum atomic E-state index is -1.25. The standard InChI is InChI=1S/C12H11FO4/c1-2-17-12(16)11(15)10(14)7-8-5-3-4-6-9(8)13/h3-6H,2,7H2,1H3. The maximum Gasteiger partial charge on any atom is 0.382 e. The number of rotatable bonds is 5. The van der Waals surface area contributed by atoms with Crippen LogP contribution in [-0.4, -0.2) is 24.1 Å². The van der Waals surface area contributed by atoms with Gasteiger partial charge in [0.05, 0.1) is 6.61 Å². The highest BCUT2D eigenvalue weighted by Gasteiger charge is 2.24. The van der Waals surface area contributed by atoms with Gasteiger partial charge in [-0.1, -0.05) is 18.2 Å². The Bertz CT molecular complexity index is 454. The van der Waals surface area contributed by atoms with E-state index in [1.165, 1.54) is 25.1 Å². The average Bonchev–Trinajstić information content (AvgIpc) is 2.31. The lowest BCUT2D eigenvalue weighted by Crippen LogP contribution is -2.27. The van der Waals surface area contributed by atoms with E-state index in [9.17, 15) is 18.8 Å². The van der Waals surface area contributed by atoms with E-state index in [0.29, 0.717) is 0 Å². The van der Waals surface area contributed by atoms with Gasteiger partial charge < -0.3 is 4.74 Å². The van der Waals surface area contributed by atoms with Crippen molar-refractivity contribution >= 4 is 17.5 Å². The number of Topliss-reactive ketones (excluding diaryl/α,β-unsaturated/α-hetero) is 2. The normalized spacial score (nSPS) is 9.76. The van der Waals surface area contributed by atoms with Crippen LogP contribution in [0.4, 0.5) is 4.39 Å². The molecule has 0 aliphatic rings. The molecule has 0 spiro atoms. The number of hydrogen-bond donors (Lipinski definition) is 0. The zero-order valence-electron chi connectivity index (χ0n) is 9.23. The van der Waals surface area contributed by atoms with Gasteiger partial charge in [0.25, 0.3) is 0 Å². The Morgan fingerprint density at radius 1 is 1.24 bits per heavy atom. The molecule has 0 N–H and O–H groups in total. The van der Waals surface area contributed by atoms with Crippen LogP contribution in [0.15, 0.2) is 24.3 Å². The maximum atomic E-state index is 13.2. The van der Waals surface area contributed by atoms with Crippen molar-refractivity contribution in [3.8, 4) is 0 Å². The fraction of sp³-hybridized carbons (Fsp3) is 0.250. The van der Waals surface area contributed by atoms with E-state index in [4.69, 9.17) is 0 Å². The van der Waals surface area contributed by atoms with Crippen molar-refractivity contribution in [2.75, 3.05) is 6.61 Å². The van der Waals surface area contributed by atoms with Crippen LogP contribution in [-0.2, 0) is 25.5 Å². The molecule has 0 atom stereocenters. The maximum absolute atomic E-state index is 13.2. The molecular formula is C12H11FO4. The molecule has 0 amide bonds. The largest absolute Gasteiger partial charge is 0.460 e. The van der Waals surface area contributed by atoms with Gasteiger partial charge in [-0.2, -0.15) is 0 Å². The highest BCUT2D eigenvalue weighted by atomic mass is 19.1. The van der Waals surface area contributed by atoms with Crippen molar-refractivity contribution in [1.82, 2.24) is 0 Å². The van der Waals surface area contributed by atoms with E-state index in [-0.39, 0.29) is 12.2 Å². The molecule has 0 fully saturated rings. The Labute approximate surface area is 97.4 Å². The lowest BCUT2D eigenvalue weighted by atomic mass is 10.1. The van der Waals surface area contributed by atoms with E-state index in [1.54, 1.807) is 6.07 Å². The first-order chi connectivity index (χ1) is 8.06. The molecule has 0 saturated carbocycles. The summed E-state index contributed by atoms with van der Waals surface area (Å²) in [5, 5.41) is 0. The molecule has 0 aromatic heterocycles. The molecule has 0 bridgehead atoms. The number of ketones is 2. The van der Waals surface area contributed by atoms with Crippen LogP contribution in [0.1, 0.15) is 12.5 Å². The highest BCUT2D eigenvalue weighted by molar-refractivity contribution is 6.62. The quantitative estimate of drug-likeness (QED) is 0.437. The number of esters is 1. The SMILES string of the molecule is CCOC(=O)C(=O)C(=O)Cc1ccccc1F. The first-order valence-electron chi connectivity index (χ1n) is 5.04. The Kier molecular flexibility index (Phi) is 4.51. The molecule has 90 valence electrons. The molecule has 4 nitrogen and oxygen atoms in total. The zero-order valence-corrected chi connectivity index (χ0v) is 9.23. The molecular weight excluding hydrogens is 227 g/mol. The molecule has 5 heteroatoms. The van der Waals surface area contributed by atoms with Crippen LogP contribution in [0, 0.1) is 5.82 Å². The number of halogens is 1. The van der Waals surface area contributed by atoms with Crippen LogP contribution < -0.4 is 0 Å². The smallest absolute Gasteiger partial charge is 0.382 e. The van der Waals surface area contributed by atoms with Crippen molar-refractivity contribution < 1.29 is 23.5 Å². The van der Waals surface area contributed by atoms with E-state index in [1.807, 2.05) is 0 Å². The summed E-state index contributed by atoms with van der Waals surface area (Å²) in [5.74, 6) is -4.02. The fourth-order valence-electron chi connectivity index (χ4n) is 1.21. The molecule has 0 aliphatic heterocycles. The number of carbonyl (C=O) groups excluding carboxylic acids is 3. The third kappa shape index (κ3) is 3.48. The van der Waals surface area contributed by atoms with Gasteiger partial charge >= 0.3 is 11.8 Å². The minimum absolute atomic E-state index is 0.0115. The molecule has 0 saturated heterocycles. The summed E-state index contributed by atoms with van der Waals surface area (Å²) in [7, 11) is 0. The second-order valence-electron chi connectivity index (χ2n) is 3.24. The van der Waals surface area contributed by atoms with Crippen molar-refractivity contribution in [2.45, 2.75) is 13.3 Å². The van der Waals surface area contributed by atoms with E-state index < -0.39 is 29.8 Å². The van der Waals surface area contributed by atoms with Gasteiger partial charge in [0, 0.05) is 6.42 Å². The van der Waals surface area contributed by atoms with Gasteiger partial charge in [0.1, 0.15) is 5.82 Å². The van der Waals surface area contributed by atoms with Crippen LogP contribution in [0.5, 0.6) is 0 Å². The van der Waals surface area contributed by atoms with Crippen LogP contribution in [0.2, 0.25) is 0 Å². The van der Waals surface area contributed by atoms with Gasteiger partial charge in [-0.3, -0.25) is 9.59 Å². The Morgan fingerprint density at radius 3 is 2.47 bits per heavy atom. The summed E-state index contributed by atoms with van der Waals surface area (Å²) in [6.07, 6.45) is -0.440. The first-order valence-corrected chi connectivity index (χ1v) is 5.04. The predicted molar refractivity (Wildman–Crippen MR) is 56.8 cm³/mol. The summed E-state index contributed by atoms with van der Waals surface area (Å²) in [4.78, 5) is 33.5. The van der Waals surface area contributed by atoms with Crippen LogP contribution in [0.25, 0.3) is 0 Å². The fourth-order valence-corrected chi connectivity index (χ4v) is 1.21. The summed E-state index contributed by atoms with van der Waals surface area (Å²) in [6.45, 7) is 1.53. The monoisotopic (exact) mass is 238 g/mol. The summed E-state index contributed by atoms with van der Waals surface area (Å²) < 4.78 is 17.6. The van der Waals surface area contributed by atoms with Crippen molar-refractivity contribution in [2.24, 2.45) is 0 Å². The predicted octanol–water partition coefficient (Wildman–Crippen LogP) is 1.07. The molecule has 1 aromatic rings. The van der Waals surface area contributed by atoms with Gasteiger partial charge in [0.15, 0.2) is 0 Å². The summed E-state index contributed by atoms with van der Waals surface area (Å²) in [5.41, 5.74) is 0.0788. The lowest BCUT2D eigenvalue weighted by molar-refractivity contribution is -0.156. The molecule has 0 radical (unpaired) electrons. The van der Waals surface area contributed by atoms with Gasteiger partial charge in [-0.15, -0.1) is 0 Å². The van der Waals surface area contributed by atoms with Crippen molar-refractivity contribution in [3.05, 3.63) is 35.6 Å². The summed E-state index contributed by atoms with van der Waals surface area (Å²) in [6, 6.07) is 5.57. The molecule has 0 aliphatic carbocycles. The third-order valence-corrected chi connectivity index (χ3v) is 2.02. The zero-order chi connectivity index (χ0) is 12.8. The second-order valence-corrected chi connectivity index (χ2v) is 3.24. The van der Waals surface area contributed by atoms with Crippen LogP contribution in [0.3, 0.4) is 0 Å². The lowest BCUT2D eigenvalue weighted by Gasteiger charge is -2.02. The number of carbonyl (C=O) groups is 3. The number of benzene rings is 1. The van der Waals surface area contributed by atoms with E-state index in [0.717, 1.165) is 0 Å². The first kappa shape index (κ1) is 13.0. The molecule has 1 aromatic carbocycles. The van der Waals surface area contributed by atoms with Gasteiger partial charge in [0.2, 0.25) is 5.78 Å². The van der Waals surface area contributed by atoms with Gasteiger partial charge in [-0.25, -0.2) is 9.18 Å².